The molecule has 7 nitrogen and oxygen atoms in total. The van der Waals surface area contributed by atoms with Crippen molar-refractivity contribution in [3.8, 4) is 0 Å². The van der Waals surface area contributed by atoms with Gasteiger partial charge in [-0.3, -0.25) is 0 Å². The van der Waals surface area contributed by atoms with Gasteiger partial charge in [0.05, 0.1) is 0 Å². The van der Waals surface area contributed by atoms with Gasteiger partial charge in [-0.25, -0.2) is 15.3 Å². The van der Waals surface area contributed by atoms with Crippen LogP contribution in [0.15, 0.2) is 237 Å². The smallest absolute Gasteiger partial charge is 0.325 e. The number of rotatable bonds is 9. The predicted molar refractivity (Wildman–Crippen MR) is 249 cm³/mol. The molecule has 0 amide bonds. The van der Waals surface area contributed by atoms with E-state index in [1.807, 2.05) is 67.9 Å². The summed E-state index contributed by atoms with van der Waals surface area (Å²) in [4.78, 5) is 0. The van der Waals surface area contributed by atoms with E-state index < -0.39 is 23.0 Å². The van der Waals surface area contributed by atoms with Crippen molar-refractivity contribution in [3.05, 3.63) is 237 Å². The van der Waals surface area contributed by atoms with Gasteiger partial charge in [0.2, 0.25) is 0 Å². The van der Waals surface area contributed by atoms with E-state index in [-0.39, 0.29) is 6.61 Å². The first kappa shape index (κ1) is 44.8. The van der Waals surface area contributed by atoms with Crippen LogP contribution < -0.4 is 31.8 Å². The van der Waals surface area contributed by atoms with Gasteiger partial charge >= 0.3 is 34.1 Å². The second-order valence-corrected chi connectivity index (χ2v) is 17.0. The maximum atomic E-state index is 7.57. The molecule has 3 heterocycles. The summed E-state index contributed by atoms with van der Waals surface area (Å²) >= 11 is 1.82. The second kappa shape index (κ2) is 26.0. The van der Waals surface area contributed by atoms with Gasteiger partial charge in [0.1, 0.15) is 0 Å². The summed E-state index contributed by atoms with van der Waals surface area (Å²) in [7, 11) is 2.55. The van der Waals surface area contributed by atoms with Crippen molar-refractivity contribution in [2.75, 3.05) is 6.61 Å². The minimum Gasteiger partial charge on any atom is -0.403 e. The van der Waals surface area contributed by atoms with Crippen LogP contribution in [-0.2, 0) is 17.3 Å². The summed E-state index contributed by atoms with van der Waals surface area (Å²) in [6, 6.07) is 70.3. The van der Waals surface area contributed by atoms with Crippen molar-refractivity contribution in [1.29, 1.82) is 0 Å². The number of aliphatic hydroxyl groups is 1. The van der Waals surface area contributed by atoms with Gasteiger partial charge in [-0.1, -0.05) is 182 Å². The van der Waals surface area contributed by atoms with E-state index in [1.165, 1.54) is 31.8 Å². The molecule has 0 atom stereocenters. The summed E-state index contributed by atoms with van der Waals surface area (Å²) in [6.07, 6.45) is 11.0. The fourth-order valence-corrected chi connectivity index (χ4v) is 10.8. The van der Waals surface area contributed by atoms with Crippen LogP contribution in [0.3, 0.4) is 0 Å². The molecule has 0 bridgehead atoms. The third-order valence-electron chi connectivity index (χ3n) is 8.63. The molecule has 3 aromatic heterocycles. The molecule has 0 aliphatic heterocycles. The molecule has 0 saturated heterocycles. The molecule has 59 heavy (non-hydrogen) atoms. The molecule has 9 aromatic rings. The minimum atomic E-state index is -1.12. The number of aliphatic hydroxyl groups excluding tert-OH is 1. The molecule has 0 aliphatic carbocycles. The number of hydrogen-bond donors (Lipinski definition) is 1. The fraction of sp³-hybridized carbons (Fsp3) is 0.0426. The summed E-state index contributed by atoms with van der Waals surface area (Å²) in [6.45, 7) is 1.93. The van der Waals surface area contributed by atoms with Gasteiger partial charge < -0.3 is 18.9 Å². The number of aromatic nitrogens is 6. The maximum Gasteiger partial charge on any atom is 0.325 e. The van der Waals surface area contributed by atoms with E-state index in [9.17, 15) is 0 Å². The first-order chi connectivity index (χ1) is 29.3. The third kappa shape index (κ3) is 13.7. The van der Waals surface area contributed by atoms with Crippen molar-refractivity contribution < 1.29 is 22.4 Å². The van der Waals surface area contributed by atoms with Gasteiger partial charge in [0.25, 0.3) is 0 Å². The Kier molecular flexibility index (Phi) is 19.7. The van der Waals surface area contributed by atoms with Crippen LogP contribution >= 0.6 is 25.5 Å². The van der Waals surface area contributed by atoms with Crippen LogP contribution in [0, 0.1) is 0 Å². The van der Waals surface area contributed by atoms with Crippen LogP contribution in [0.5, 0.6) is 0 Å². The zero-order chi connectivity index (χ0) is 41.3. The molecule has 9 rings (SSSR count). The van der Waals surface area contributed by atoms with E-state index in [2.05, 4.69) is 207 Å². The second-order valence-electron chi connectivity index (χ2n) is 12.6. The van der Waals surface area contributed by atoms with Crippen LogP contribution in [0.25, 0.3) is 0 Å². The molecular weight excluding hydrogens is 874 g/mol. The Bertz CT molecular complexity index is 1970. The van der Waals surface area contributed by atoms with E-state index in [0.717, 1.165) is 0 Å². The molecule has 6 aromatic carbocycles. The predicted octanol–water partition coefficient (Wildman–Crippen LogP) is 7.51. The van der Waals surface area contributed by atoms with Crippen molar-refractivity contribution in [2.45, 2.75) is 6.92 Å². The summed E-state index contributed by atoms with van der Waals surface area (Å²) in [5.41, 5.74) is 0. The van der Waals surface area contributed by atoms with Gasteiger partial charge in [0, 0.05) is 25.2 Å². The molecule has 1 N–H and O–H groups in total. The zero-order valence-electron chi connectivity index (χ0n) is 32.7. The minimum absolute atomic E-state index is 0.250. The summed E-state index contributed by atoms with van der Waals surface area (Å²) in [5.74, 6) is 0. The topological polar surface area (TPSA) is 73.7 Å². The summed E-state index contributed by atoms with van der Waals surface area (Å²) < 4.78 is 5.62. The van der Waals surface area contributed by atoms with E-state index >= 15 is 0 Å². The molecule has 298 valence electrons. The Morgan fingerprint density at radius 2 is 0.593 bits per heavy atom. The van der Waals surface area contributed by atoms with Crippen molar-refractivity contribution in [2.24, 2.45) is 0 Å². The van der Waals surface area contributed by atoms with Crippen LogP contribution in [0.1, 0.15) is 6.92 Å². The SMILES string of the molecule is CCO.[Cl][Ru+].c1ccc(P(c2ccccc2)c2ccccc2)cc1.c1ccc(P(c2ccccc2)c2ccccc2)cc1.c1cnn([BH-](n2cccn2)n2cccn2)c1. The average molecular weight is 920 g/mol. The summed E-state index contributed by atoms with van der Waals surface area (Å²) in [5, 5.41) is 28.7. The Hall–Kier alpha value is -5.25. The van der Waals surface area contributed by atoms with Gasteiger partial charge in [-0.05, 0) is 91.4 Å². The van der Waals surface area contributed by atoms with Crippen molar-refractivity contribution in [3.63, 3.8) is 0 Å². The number of nitrogens with zero attached hydrogens (tertiary/aromatic N) is 6. The fourth-order valence-electron chi connectivity index (χ4n) is 6.21. The Labute approximate surface area is 364 Å². The first-order valence-corrected chi connectivity index (χ1v) is 24.0. The largest absolute Gasteiger partial charge is 0.403 e. The molecule has 0 unspecified atom stereocenters. The number of benzene rings is 6. The van der Waals surface area contributed by atoms with Crippen LogP contribution in [0.2, 0.25) is 0 Å². The molecule has 0 fully saturated rings. The molecular formula is C47H46BClN6OP2Ru. The van der Waals surface area contributed by atoms with Gasteiger partial charge in [-0.2, -0.15) is 0 Å². The Morgan fingerprint density at radius 3 is 0.746 bits per heavy atom. The third-order valence-corrected chi connectivity index (χ3v) is 13.5. The Balaban J connectivity index is 0.000000160. The molecule has 12 heteroatoms. The number of hydrogen-bond acceptors (Lipinski definition) is 4. The van der Waals surface area contributed by atoms with E-state index in [0.29, 0.717) is 0 Å². The van der Waals surface area contributed by atoms with Gasteiger partial charge in [-0.15, -0.1) is 0 Å². The van der Waals surface area contributed by atoms with E-state index in [4.69, 9.17) is 5.11 Å². The molecule has 0 radical (unpaired) electrons. The molecule has 0 saturated carbocycles. The van der Waals surface area contributed by atoms with Gasteiger partial charge in [0.15, 0.2) is 0 Å². The van der Waals surface area contributed by atoms with Crippen molar-refractivity contribution in [1.82, 2.24) is 29.1 Å². The van der Waals surface area contributed by atoms with E-state index in [1.54, 1.807) is 25.5 Å². The normalized spacial score (nSPS) is 10.2. The maximum absolute atomic E-state index is 7.57. The monoisotopic (exact) mass is 920 g/mol. The quantitative estimate of drug-likeness (QED) is 0.120. The standard InChI is InChI=1S/2C18H15P.C9H10BN6.C2H6O.ClH.Ru/c2*1-4-10-16(11-5-1)19(17-12-6-2-7-13-17)18-14-8-3-9-15-18;1-4-11-14(7-1)10(15-8-2-5-12-15)16-9-3-6-13-16;1-2-3;;/h2*1-15H;1-10H;3H,2H2,1H3;1H;/q;;-1;;;+2/p-1. The number of halogens is 1. The zero-order valence-corrected chi connectivity index (χ0v) is 37.0. The van der Waals surface area contributed by atoms with Crippen LogP contribution in [-0.4, -0.2) is 47.9 Å². The molecule has 0 spiro atoms. The average Bonchev–Trinajstić information content (AvgIpc) is 4.15. The van der Waals surface area contributed by atoms with Crippen molar-refractivity contribution >= 4 is 64.5 Å². The van der Waals surface area contributed by atoms with Crippen LogP contribution in [0.4, 0.5) is 0 Å². The Morgan fingerprint density at radius 1 is 0.407 bits per heavy atom. The first-order valence-electron chi connectivity index (χ1n) is 19.1. The molecule has 0 aliphatic rings.